The third kappa shape index (κ3) is 3.31. The molecule has 0 saturated carbocycles. The molecule has 1 aromatic heterocycles. The molecule has 2 heterocycles. The molecule has 1 aliphatic rings. The van der Waals surface area contributed by atoms with E-state index in [1.807, 2.05) is 24.3 Å². The first kappa shape index (κ1) is 17.3. The van der Waals surface area contributed by atoms with Crippen LogP contribution in [0.2, 0.25) is 0 Å². The van der Waals surface area contributed by atoms with Gasteiger partial charge in [0.05, 0.1) is 29.1 Å². The van der Waals surface area contributed by atoms with Gasteiger partial charge >= 0.3 is 5.97 Å². The first-order chi connectivity index (χ1) is 11.5. The average molecular weight is 381 g/mol. The lowest BCUT2D eigenvalue weighted by Crippen LogP contribution is -2.58. The van der Waals surface area contributed by atoms with Crippen LogP contribution in [0.5, 0.6) is 0 Å². The molecular weight excluding hydrogens is 364 g/mol. The lowest BCUT2D eigenvalue weighted by atomic mass is 10.0. The van der Waals surface area contributed by atoms with Crippen LogP contribution in [-0.4, -0.2) is 40.3 Å². The molecule has 2 atom stereocenters. The minimum atomic E-state index is -0.718. The van der Waals surface area contributed by atoms with Crippen LogP contribution in [0.4, 0.5) is 0 Å². The number of aromatic nitrogens is 1. The highest BCUT2D eigenvalue weighted by atomic mass is 33.1. The van der Waals surface area contributed by atoms with Crippen LogP contribution in [0.15, 0.2) is 40.8 Å². The normalized spacial score (nSPS) is 18.3. The second-order valence-electron chi connectivity index (χ2n) is 5.36. The molecule has 126 valence electrons. The Kier molecular flexibility index (Phi) is 5.17. The molecule has 8 heteroatoms. The zero-order valence-corrected chi connectivity index (χ0v) is 15.7. The van der Waals surface area contributed by atoms with Crippen molar-refractivity contribution in [3.63, 3.8) is 0 Å². The molecule has 3 rings (SSSR count). The zero-order chi connectivity index (χ0) is 17.3. The molecule has 1 amide bonds. The summed E-state index contributed by atoms with van der Waals surface area (Å²) in [6, 6.07) is 7.25. The van der Waals surface area contributed by atoms with Crippen molar-refractivity contribution in [3.05, 3.63) is 36.4 Å². The number of thiazole rings is 1. The van der Waals surface area contributed by atoms with Crippen LogP contribution in [0.25, 0.3) is 10.2 Å². The first-order valence-corrected chi connectivity index (χ1v) is 10.3. The minimum absolute atomic E-state index is 0.0594. The SMILES string of the molecule is C=C(C)[C@H](C(=O)OC)N1C(=O)CC1SSc1nc2ccccc2s1. The summed E-state index contributed by atoms with van der Waals surface area (Å²) in [5.41, 5.74) is 1.58. The molecule has 2 aromatic rings. The van der Waals surface area contributed by atoms with Crippen LogP contribution in [0.1, 0.15) is 13.3 Å². The van der Waals surface area contributed by atoms with Crippen LogP contribution in [-0.2, 0) is 14.3 Å². The van der Waals surface area contributed by atoms with Crippen LogP contribution in [0.3, 0.4) is 0 Å². The van der Waals surface area contributed by atoms with E-state index in [1.54, 1.807) is 23.2 Å². The van der Waals surface area contributed by atoms with Crippen molar-refractivity contribution in [1.82, 2.24) is 9.88 Å². The van der Waals surface area contributed by atoms with E-state index in [0.717, 1.165) is 14.6 Å². The number of methoxy groups -OCH3 is 1. The summed E-state index contributed by atoms with van der Waals surface area (Å²) >= 11 is 1.62. The van der Waals surface area contributed by atoms with E-state index in [4.69, 9.17) is 4.74 Å². The Morgan fingerprint density at radius 3 is 2.88 bits per heavy atom. The second-order valence-corrected chi connectivity index (χ2v) is 9.02. The molecular formula is C16H16N2O3S3. The number of esters is 1. The summed E-state index contributed by atoms with van der Waals surface area (Å²) in [6.07, 6.45) is 0.406. The number of amides is 1. The highest BCUT2D eigenvalue weighted by Gasteiger charge is 2.45. The monoisotopic (exact) mass is 380 g/mol. The van der Waals surface area contributed by atoms with Crippen molar-refractivity contribution in [3.8, 4) is 0 Å². The van der Waals surface area contributed by atoms with Gasteiger partial charge < -0.3 is 9.64 Å². The van der Waals surface area contributed by atoms with Crippen molar-refractivity contribution < 1.29 is 14.3 Å². The van der Waals surface area contributed by atoms with E-state index >= 15 is 0 Å². The Morgan fingerprint density at radius 1 is 1.50 bits per heavy atom. The quantitative estimate of drug-likeness (QED) is 0.329. The fraction of sp³-hybridized carbons (Fsp3) is 0.312. The van der Waals surface area contributed by atoms with Gasteiger partial charge in [-0.05, 0) is 35.4 Å². The minimum Gasteiger partial charge on any atom is -0.467 e. The van der Waals surface area contributed by atoms with Gasteiger partial charge in [0, 0.05) is 0 Å². The number of carbonyl (C=O) groups is 2. The van der Waals surface area contributed by atoms with E-state index in [1.165, 1.54) is 28.7 Å². The van der Waals surface area contributed by atoms with Gasteiger partial charge in [0.1, 0.15) is 0 Å². The number of likely N-dealkylation sites (tertiary alicyclic amines) is 1. The van der Waals surface area contributed by atoms with Gasteiger partial charge in [-0.1, -0.05) is 29.5 Å². The summed E-state index contributed by atoms with van der Waals surface area (Å²) in [5.74, 6) is -0.512. The Balaban J connectivity index is 1.69. The van der Waals surface area contributed by atoms with E-state index in [9.17, 15) is 9.59 Å². The largest absolute Gasteiger partial charge is 0.467 e. The van der Waals surface area contributed by atoms with Crippen LogP contribution < -0.4 is 0 Å². The molecule has 1 aromatic carbocycles. The molecule has 0 bridgehead atoms. The smallest absolute Gasteiger partial charge is 0.332 e. The molecule has 0 aliphatic carbocycles. The van der Waals surface area contributed by atoms with E-state index in [0.29, 0.717) is 12.0 Å². The molecule has 0 spiro atoms. The Bertz CT molecular complexity index is 772. The third-order valence-corrected chi connectivity index (χ3v) is 7.64. The number of benzene rings is 1. The lowest BCUT2D eigenvalue weighted by Gasteiger charge is -2.43. The Morgan fingerprint density at radius 2 is 2.25 bits per heavy atom. The molecule has 0 N–H and O–H groups in total. The maximum Gasteiger partial charge on any atom is 0.332 e. The van der Waals surface area contributed by atoms with Gasteiger partial charge in [0.15, 0.2) is 10.4 Å². The predicted octanol–water partition coefficient (Wildman–Crippen LogP) is 3.71. The molecule has 1 saturated heterocycles. The zero-order valence-electron chi connectivity index (χ0n) is 13.2. The number of β-lactam (4-membered cyclic amide) rings is 1. The number of nitrogens with zero attached hydrogens (tertiary/aromatic N) is 2. The highest BCUT2D eigenvalue weighted by Crippen LogP contribution is 2.45. The molecule has 1 unspecified atom stereocenters. The Hall–Kier alpha value is -1.51. The Labute approximate surface area is 151 Å². The highest BCUT2D eigenvalue weighted by molar-refractivity contribution is 8.77. The van der Waals surface area contributed by atoms with Crippen molar-refractivity contribution in [2.24, 2.45) is 0 Å². The summed E-state index contributed by atoms with van der Waals surface area (Å²) in [6.45, 7) is 5.55. The van der Waals surface area contributed by atoms with Gasteiger partial charge in [-0.15, -0.1) is 11.3 Å². The summed E-state index contributed by atoms with van der Waals surface area (Å²) in [4.78, 5) is 30.1. The van der Waals surface area contributed by atoms with Crippen molar-refractivity contribution in [2.75, 3.05) is 7.11 Å². The predicted molar refractivity (Wildman–Crippen MR) is 98.9 cm³/mol. The fourth-order valence-corrected chi connectivity index (χ4v) is 6.25. The van der Waals surface area contributed by atoms with Gasteiger partial charge in [0.25, 0.3) is 0 Å². The number of ether oxygens (including phenoxy) is 1. The number of fused-ring (bicyclic) bond motifs is 1. The van der Waals surface area contributed by atoms with Crippen molar-refractivity contribution >= 4 is 55.0 Å². The van der Waals surface area contributed by atoms with E-state index in [2.05, 4.69) is 11.6 Å². The third-order valence-electron chi connectivity index (χ3n) is 3.62. The van der Waals surface area contributed by atoms with Gasteiger partial charge in [-0.25, -0.2) is 9.78 Å². The maximum atomic E-state index is 12.0. The molecule has 1 fully saturated rings. The molecule has 24 heavy (non-hydrogen) atoms. The fourth-order valence-electron chi connectivity index (χ4n) is 2.44. The molecule has 0 radical (unpaired) electrons. The number of rotatable bonds is 6. The number of carbonyl (C=O) groups excluding carboxylic acids is 2. The number of hydrogen-bond donors (Lipinski definition) is 0. The topological polar surface area (TPSA) is 59.5 Å². The van der Waals surface area contributed by atoms with Crippen LogP contribution >= 0.6 is 32.9 Å². The van der Waals surface area contributed by atoms with Gasteiger partial charge in [-0.2, -0.15) is 0 Å². The number of hydrogen-bond acceptors (Lipinski definition) is 7. The molecule has 1 aliphatic heterocycles. The maximum absolute atomic E-state index is 12.0. The van der Waals surface area contributed by atoms with E-state index < -0.39 is 12.0 Å². The van der Waals surface area contributed by atoms with E-state index in [-0.39, 0.29) is 11.3 Å². The summed E-state index contributed by atoms with van der Waals surface area (Å²) in [7, 11) is 4.39. The van der Waals surface area contributed by atoms with Crippen molar-refractivity contribution in [2.45, 2.75) is 29.1 Å². The lowest BCUT2D eigenvalue weighted by molar-refractivity contribution is -0.157. The summed E-state index contributed by atoms with van der Waals surface area (Å²) in [5, 5.41) is -0.0877. The molecule has 5 nitrogen and oxygen atoms in total. The average Bonchev–Trinajstić information content (AvgIpc) is 2.97. The summed E-state index contributed by atoms with van der Waals surface area (Å²) < 4.78 is 6.88. The van der Waals surface area contributed by atoms with Gasteiger partial charge in [-0.3, -0.25) is 4.79 Å². The van der Waals surface area contributed by atoms with Gasteiger partial charge in [0.2, 0.25) is 5.91 Å². The standard InChI is InChI=1S/C16H16N2O3S3/c1-9(2)14(15(20)21-3)18-12(19)8-13(18)23-24-16-17-10-6-4-5-7-11(10)22-16/h4-7,13-14H,1,8H2,2-3H3/t13?,14-/m1/s1. The van der Waals surface area contributed by atoms with Crippen molar-refractivity contribution in [1.29, 1.82) is 0 Å². The van der Waals surface area contributed by atoms with Crippen LogP contribution in [0, 0.1) is 0 Å². The first-order valence-electron chi connectivity index (χ1n) is 7.24. The second kappa shape index (κ2) is 7.16. The number of para-hydroxylation sites is 1.